The van der Waals surface area contributed by atoms with Gasteiger partial charge >= 0.3 is 0 Å². The van der Waals surface area contributed by atoms with Crippen molar-refractivity contribution in [1.82, 2.24) is 5.32 Å². The molecule has 2 atom stereocenters. The maximum absolute atomic E-state index is 6.16. The Morgan fingerprint density at radius 1 is 1.05 bits per heavy atom. The zero-order chi connectivity index (χ0) is 14.1. The summed E-state index contributed by atoms with van der Waals surface area (Å²) in [5, 5.41) is 4.28. The summed E-state index contributed by atoms with van der Waals surface area (Å²) in [5.74, 6) is 0.492. The molecule has 0 spiro atoms. The highest BCUT2D eigenvalue weighted by Gasteiger charge is 2.27. The lowest BCUT2D eigenvalue weighted by molar-refractivity contribution is 0.471. The third-order valence-corrected chi connectivity index (χ3v) is 4.85. The van der Waals surface area contributed by atoms with Crippen molar-refractivity contribution >= 4 is 11.6 Å². The van der Waals surface area contributed by atoms with Gasteiger partial charge in [-0.05, 0) is 55.1 Å². The molecular weight excluding hydrogens is 266 g/mol. The molecule has 1 N–H and O–H groups in total. The highest BCUT2D eigenvalue weighted by molar-refractivity contribution is 6.31. The van der Waals surface area contributed by atoms with E-state index in [1.807, 2.05) is 13.1 Å². The van der Waals surface area contributed by atoms with Crippen molar-refractivity contribution in [3.63, 3.8) is 0 Å². The van der Waals surface area contributed by atoms with Gasteiger partial charge in [0.05, 0.1) is 0 Å². The first-order chi connectivity index (χ1) is 9.70. The molecule has 0 aliphatic heterocycles. The van der Waals surface area contributed by atoms with Crippen molar-refractivity contribution < 1.29 is 0 Å². The van der Waals surface area contributed by atoms with Crippen molar-refractivity contribution in [2.75, 3.05) is 7.05 Å². The van der Waals surface area contributed by atoms with Crippen LogP contribution in [0.5, 0.6) is 0 Å². The number of aryl methyl sites for hydroxylation is 1. The van der Waals surface area contributed by atoms with Crippen LogP contribution in [0.3, 0.4) is 0 Å². The third kappa shape index (κ3) is 2.36. The van der Waals surface area contributed by atoms with E-state index in [2.05, 4.69) is 48.6 Å². The Hall–Kier alpha value is -1.31. The average Bonchev–Trinajstić information content (AvgIpc) is 2.49. The molecule has 0 unspecified atom stereocenters. The molecule has 1 aliphatic rings. The van der Waals surface area contributed by atoms with E-state index in [-0.39, 0.29) is 0 Å². The van der Waals surface area contributed by atoms with Crippen LogP contribution in [0.2, 0.25) is 5.02 Å². The Labute approximate surface area is 126 Å². The maximum Gasteiger partial charge on any atom is 0.0435 e. The van der Waals surface area contributed by atoms with Gasteiger partial charge in [0.25, 0.3) is 0 Å². The van der Waals surface area contributed by atoms with Crippen molar-refractivity contribution in [3.05, 3.63) is 69.7 Å². The fourth-order valence-corrected chi connectivity index (χ4v) is 3.44. The van der Waals surface area contributed by atoms with Crippen LogP contribution in [0.1, 0.15) is 47.1 Å². The molecule has 0 heterocycles. The van der Waals surface area contributed by atoms with Gasteiger partial charge in [-0.1, -0.05) is 48.0 Å². The van der Waals surface area contributed by atoms with E-state index < -0.39 is 0 Å². The second-order valence-electron chi connectivity index (χ2n) is 5.61. The summed E-state index contributed by atoms with van der Waals surface area (Å²) in [5.41, 5.74) is 5.45. The summed E-state index contributed by atoms with van der Waals surface area (Å²) >= 11 is 6.16. The molecule has 0 radical (unpaired) electrons. The number of hydrogen-bond acceptors (Lipinski definition) is 1. The second kappa shape index (κ2) is 5.59. The number of fused-ring (bicyclic) bond motifs is 1. The lowest BCUT2D eigenvalue weighted by atomic mass is 9.76. The first-order valence-corrected chi connectivity index (χ1v) is 7.60. The summed E-state index contributed by atoms with van der Waals surface area (Å²) in [4.78, 5) is 0. The zero-order valence-corrected chi connectivity index (χ0v) is 12.7. The van der Waals surface area contributed by atoms with Gasteiger partial charge in [0.15, 0.2) is 0 Å². The fourth-order valence-electron chi connectivity index (χ4n) is 3.32. The average molecular weight is 286 g/mol. The Bertz CT molecular complexity index is 621. The van der Waals surface area contributed by atoms with E-state index in [0.717, 1.165) is 10.6 Å². The second-order valence-corrected chi connectivity index (χ2v) is 6.02. The summed E-state index contributed by atoms with van der Waals surface area (Å²) in [6.07, 6.45) is 2.36. The molecule has 2 heteroatoms. The highest BCUT2D eigenvalue weighted by atomic mass is 35.5. The van der Waals surface area contributed by atoms with Crippen molar-refractivity contribution in [2.24, 2.45) is 0 Å². The molecule has 2 aromatic carbocycles. The molecular formula is C18H20ClN. The van der Waals surface area contributed by atoms with Crippen LogP contribution in [-0.2, 0) is 0 Å². The number of hydrogen-bond donors (Lipinski definition) is 1. The molecule has 0 fully saturated rings. The lowest BCUT2D eigenvalue weighted by Gasteiger charge is -2.32. The minimum absolute atomic E-state index is 0.482. The van der Waals surface area contributed by atoms with Crippen LogP contribution in [0.15, 0.2) is 42.5 Å². The first kappa shape index (κ1) is 13.7. The van der Waals surface area contributed by atoms with Gasteiger partial charge in [-0.3, -0.25) is 0 Å². The van der Waals surface area contributed by atoms with Crippen LogP contribution in [0.4, 0.5) is 0 Å². The van der Waals surface area contributed by atoms with Crippen LogP contribution in [0.25, 0.3) is 0 Å². The third-order valence-electron chi connectivity index (χ3n) is 4.42. The lowest BCUT2D eigenvalue weighted by Crippen LogP contribution is -2.24. The normalized spacial score (nSPS) is 21.6. The topological polar surface area (TPSA) is 12.0 Å². The van der Waals surface area contributed by atoms with Crippen molar-refractivity contribution in [2.45, 2.75) is 31.7 Å². The molecule has 104 valence electrons. The molecule has 20 heavy (non-hydrogen) atoms. The highest BCUT2D eigenvalue weighted by Crippen LogP contribution is 2.41. The van der Waals surface area contributed by atoms with E-state index in [4.69, 9.17) is 11.6 Å². The molecule has 1 aliphatic carbocycles. The molecule has 0 saturated carbocycles. The molecule has 0 saturated heterocycles. The maximum atomic E-state index is 6.16. The van der Waals surface area contributed by atoms with Crippen LogP contribution in [-0.4, -0.2) is 7.05 Å². The van der Waals surface area contributed by atoms with Crippen LogP contribution < -0.4 is 5.32 Å². The smallest absolute Gasteiger partial charge is 0.0435 e. The quantitative estimate of drug-likeness (QED) is 0.833. The SMILES string of the molecule is CN[C@@H]1CC[C@@H](c2ccc(Cl)c(C)c2)c2ccccc21. The number of halogens is 1. The number of benzene rings is 2. The van der Waals surface area contributed by atoms with Gasteiger partial charge < -0.3 is 5.32 Å². The molecule has 0 amide bonds. The van der Waals surface area contributed by atoms with E-state index >= 15 is 0 Å². The predicted molar refractivity (Wildman–Crippen MR) is 85.5 cm³/mol. The molecule has 2 aromatic rings. The van der Waals surface area contributed by atoms with E-state index in [1.165, 1.54) is 29.5 Å². The fraction of sp³-hybridized carbons (Fsp3) is 0.333. The monoisotopic (exact) mass is 285 g/mol. The van der Waals surface area contributed by atoms with Gasteiger partial charge in [-0.15, -0.1) is 0 Å². The first-order valence-electron chi connectivity index (χ1n) is 7.23. The summed E-state index contributed by atoms with van der Waals surface area (Å²) in [6.45, 7) is 2.08. The summed E-state index contributed by atoms with van der Waals surface area (Å²) in [6, 6.07) is 15.7. The molecule has 3 rings (SSSR count). The Balaban J connectivity index is 2.05. The molecule has 1 nitrogen and oxygen atoms in total. The number of rotatable bonds is 2. The van der Waals surface area contributed by atoms with Gasteiger partial charge in [0.1, 0.15) is 0 Å². The van der Waals surface area contributed by atoms with E-state index in [0.29, 0.717) is 12.0 Å². The summed E-state index contributed by atoms with van der Waals surface area (Å²) in [7, 11) is 2.05. The van der Waals surface area contributed by atoms with E-state index in [1.54, 1.807) is 0 Å². The van der Waals surface area contributed by atoms with Crippen molar-refractivity contribution in [3.8, 4) is 0 Å². The van der Waals surface area contributed by atoms with E-state index in [9.17, 15) is 0 Å². The minimum Gasteiger partial charge on any atom is -0.313 e. The van der Waals surface area contributed by atoms with Crippen LogP contribution in [0, 0.1) is 6.92 Å². The standard InChI is InChI=1S/C18H20ClN/c1-12-11-13(7-9-17(12)19)14-8-10-18(20-2)16-6-4-3-5-15(14)16/h3-7,9,11,14,18,20H,8,10H2,1-2H3/t14-,18+/m0/s1. The number of nitrogens with one attached hydrogen (secondary N) is 1. The minimum atomic E-state index is 0.482. The predicted octanol–water partition coefficient (Wildman–Crippen LogP) is 4.83. The van der Waals surface area contributed by atoms with Crippen molar-refractivity contribution in [1.29, 1.82) is 0 Å². The van der Waals surface area contributed by atoms with Crippen LogP contribution >= 0.6 is 11.6 Å². The van der Waals surface area contributed by atoms with Gasteiger partial charge in [0.2, 0.25) is 0 Å². The van der Waals surface area contributed by atoms with Gasteiger partial charge in [-0.25, -0.2) is 0 Å². The zero-order valence-electron chi connectivity index (χ0n) is 12.0. The Morgan fingerprint density at radius 3 is 2.50 bits per heavy atom. The largest absolute Gasteiger partial charge is 0.313 e. The van der Waals surface area contributed by atoms with Gasteiger partial charge in [-0.2, -0.15) is 0 Å². The molecule has 0 bridgehead atoms. The Morgan fingerprint density at radius 2 is 1.80 bits per heavy atom. The Kier molecular flexibility index (Phi) is 3.82. The molecule has 0 aromatic heterocycles. The summed E-state index contributed by atoms with van der Waals surface area (Å²) < 4.78 is 0. The van der Waals surface area contributed by atoms with Gasteiger partial charge in [0, 0.05) is 17.0 Å².